The number of methoxy groups -OCH3 is 1. The van der Waals surface area contributed by atoms with E-state index in [1.54, 1.807) is 13.2 Å². The average Bonchev–Trinajstić information content (AvgIpc) is 2.42. The summed E-state index contributed by atoms with van der Waals surface area (Å²) in [7, 11) is 1.62. The fraction of sp³-hybridized carbons (Fsp3) is 0.200. The first-order valence-corrected chi connectivity index (χ1v) is 4.76. The van der Waals surface area contributed by atoms with Crippen LogP contribution in [-0.2, 0) is 0 Å². The molecule has 0 radical (unpaired) electrons. The van der Waals surface area contributed by atoms with Gasteiger partial charge in [0.15, 0.2) is 5.13 Å². The van der Waals surface area contributed by atoms with Crippen LogP contribution < -0.4 is 4.74 Å². The predicted octanol–water partition coefficient (Wildman–Crippen LogP) is 3.36. The molecule has 2 aromatic rings. The molecule has 0 aliphatic carbocycles. The topological polar surface area (TPSA) is 9.23 Å². The van der Waals surface area contributed by atoms with Crippen molar-refractivity contribution in [3.8, 4) is 5.75 Å². The zero-order valence-corrected chi connectivity index (χ0v) is 8.24. The summed E-state index contributed by atoms with van der Waals surface area (Å²) in [5, 5.41) is 0.795. The van der Waals surface area contributed by atoms with E-state index in [2.05, 4.69) is 0 Å². The molecule has 1 aromatic heterocycles. The SMILES string of the molecule is COc1cc2sc(F)cc2cc1C. The van der Waals surface area contributed by atoms with Gasteiger partial charge in [0.05, 0.1) is 7.11 Å². The summed E-state index contributed by atoms with van der Waals surface area (Å²) in [5.41, 5.74) is 1.04. The van der Waals surface area contributed by atoms with Crippen molar-refractivity contribution in [2.75, 3.05) is 7.11 Å². The third-order valence-corrected chi connectivity index (χ3v) is 2.89. The molecule has 0 saturated heterocycles. The quantitative estimate of drug-likeness (QED) is 0.679. The Labute approximate surface area is 79.8 Å². The van der Waals surface area contributed by atoms with Gasteiger partial charge in [-0.2, -0.15) is 4.39 Å². The number of benzene rings is 1. The molecule has 3 heteroatoms. The first-order chi connectivity index (χ1) is 6.20. The van der Waals surface area contributed by atoms with Crippen molar-refractivity contribution >= 4 is 21.4 Å². The highest BCUT2D eigenvalue weighted by molar-refractivity contribution is 7.17. The van der Waals surface area contributed by atoms with Crippen LogP contribution in [-0.4, -0.2) is 7.11 Å². The Morgan fingerprint density at radius 2 is 2.08 bits per heavy atom. The minimum atomic E-state index is -0.150. The van der Waals surface area contributed by atoms with Crippen molar-refractivity contribution < 1.29 is 9.13 Å². The summed E-state index contributed by atoms with van der Waals surface area (Å²) in [6.07, 6.45) is 0. The number of hydrogen-bond acceptors (Lipinski definition) is 2. The van der Waals surface area contributed by atoms with Gasteiger partial charge in [-0.25, -0.2) is 0 Å². The maximum Gasteiger partial charge on any atom is 0.177 e. The van der Waals surface area contributed by atoms with E-state index in [9.17, 15) is 4.39 Å². The molecule has 0 aliphatic heterocycles. The number of hydrogen-bond donors (Lipinski definition) is 0. The Morgan fingerprint density at radius 3 is 2.77 bits per heavy atom. The van der Waals surface area contributed by atoms with E-state index in [0.29, 0.717) is 0 Å². The molecular formula is C10H9FOS. The number of ether oxygens (including phenoxy) is 1. The van der Waals surface area contributed by atoms with E-state index in [-0.39, 0.29) is 5.13 Å². The zero-order chi connectivity index (χ0) is 9.42. The van der Waals surface area contributed by atoms with Crippen LogP contribution in [0.3, 0.4) is 0 Å². The normalized spacial score (nSPS) is 10.7. The number of fused-ring (bicyclic) bond motifs is 1. The Kier molecular flexibility index (Phi) is 1.96. The molecule has 0 spiro atoms. The highest BCUT2D eigenvalue weighted by atomic mass is 32.1. The minimum absolute atomic E-state index is 0.150. The molecule has 13 heavy (non-hydrogen) atoms. The highest BCUT2D eigenvalue weighted by Gasteiger charge is 2.05. The van der Waals surface area contributed by atoms with Gasteiger partial charge in [-0.15, -0.1) is 11.3 Å². The van der Waals surface area contributed by atoms with Crippen LogP contribution >= 0.6 is 11.3 Å². The molecular weight excluding hydrogens is 187 g/mol. The van der Waals surface area contributed by atoms with Gasteiger partial charge in [-0.05, 0) is 36.1 Å². The van der Waals surface area contributed by atoms with Crippen LogP contribution in [0.5, 0.6) is 5.75 Å². The van der Waals surface area contributed by atoms with E-state index >= 15 is 0 Å². The molecule has 0 saturated carbocycles. The van der Waals surface area contributed by atoms with Crippen LogP contribution in [0.25, 0.3) is 10.1 Å². The summed E-state index contributed by atoms with van der Waals surface area (Å²) >= 11 is 1.14. The number of aryl methyl sites for hydroxylation is 1. The van der Waals surface area contributed by atoms with Crippen LogP contribution in [0, 0.1) is 12.1 Å². The van der Waals surface area contributed by atoms with E-state index in [4.69, 9.17) is 4.74 Å². The molecule has 2 rings (SSSR count). The monoisotopic (exact) mass is 196 g/mol. The second kappa shape index (κ2) is 3.00. The highest BCUT2D eigenvalue weighted by Crippen LogP contribution is 2.30. The molecule has 1 nitrogen and oxygen atoms in total. The Balaban J connectivity index is 2.72. The molecule has 0 aliphatic rings. The lowest BCUT2D eigenvalue weighted by molar-refractivity contribution is 0.412. The van der Waals surface area contributed by atoms with Gasteiger partial charge in [0.1, 0.15) is 5.75 Å². The van der Waals surface area contributed by atoms with Gasteiger partial charge in [-0.3, -0.25) is 0 Å². The molecule has 0 N–H and O–H groups in total. The summed E-state index contributed by atoms with van der Waals surface area (Å²) in [4.78, 5) is 0. The molecule has 1 aromatic carbocycles. The Morgan fingerprint density at radius 1 is 1.31 bits per heavy atom. The van der Waals surface area contributed by atoms with Gasteiger partial charge < -0.3 is 4.74 Å². The van der Waals surface area contributed by atoms with Crippen molar-refractivity contribution in [1.29, 1.82) is 0 Å². The molecule has 0 amide bonds. The summed E-state index contributed by atoms with van der Waals surface area (Å²) in [6.45, 7) is 1.95. The number of rotatable bonds is 1. The maximum absolute atomic E-state index is 12.9. The molecule has 1 heterocycles. The fourth-order valence-corrected chi connectivity index (χ4v) is 2.17. The molecule has 0 unspecified atom stereocenters. The standard InChI is InChI=1S/C10H9FOS/c1-6-3-7-4-10(11)13-9(7)5-8(6)12-2/h3-5H,1-2H3. The van der Waals surface area contributed by atoms with Gasteiger partial charge in [0.25, 0.3) is 0 Å². The van der Waals surface area contributed by atoms with Crippen LogP contribution in [0.4, 0.5) is 4.39 Å². The van der Waals surface area contributed by atoms with Gasteiger partial charge in [-0.1, -0.05) is 0 Å². The third kappa shape index (κ3) is 1.40. The lowest BCUT2D eigenvalue weighted by atomic mass is 10.2. The second-order valence-electron chi connectivity index (χ2n) is 2.91. The van der Waals surface area contributed by atoms with E-state index in [0.717, 1.165) is 32.7 Å². The summed E-state index contributed by atoms with van der Waals surface area (Å²) < 4.78 is 18.9. The van der Waals surface area contributed by atoms with Crippen LogP contribution in [0.1, 0.15) is 5.56 Å². The average molecular weight is 196 g/mol. The van der Waals surface area contributed by atoms with E-state index in [1.807, 2.05) is 19.1 Å². The van der Waals surface area contributed by atoms with Crippen molar-refractivity contribution in [3.05, 3.63) is 28.9 Å². The molecule has 0 atom stereocenters. The van der Waals surface area contributed by atoms with Crippen molar-refractivity contribution in [2.45, 2.75) is 6.92 Å². The zero-order valence-electron chi connectivity index (χ0n) is 7.43. The Bertz CT molecular complexity index is 447. The van der Waals surface area contributed by atoms with Crippen molar-refractivity contribution in [2.24, 2.45) is 0 Å². The predicted molar refractivity (Wildman–Crippen MR) is 53.1 cm³/mol. The van der Waals surface area contributed by atoms with Gasteiger partial charge in [0, 0.05) is 4.70 Å². The first kappa shape index (κ1) is 8.51. The van der Waals surface area contributed by atoms with Crippen LogP contribution in [0.2, 0.25) is 0 Å². The lowest BCUT2D eigenvalue weighted by Crippen LogP contribution is -1.85. The molecule has 68 valence electrons. The third-order valence-electron chi connectivity index (χ3n) is 2.00. The fourth-order valence-electron chi connectivity index (χ4n) is 1.37. The van der Waals surface area contributed by atoms with E-state index < -0.39 is 0 Å². The Hall–Kier alpha value is -1.09. The summed E-state index contributed by atoms with van der Waals surface area (Å²) in [5.74, 6) is 0.814. The number of thiophene rings is 1. The first-order valence-electron chi connectivity index (χ1n) is 3.94. The smallest absolute Gasteiger partial charge is 0.177 e. The van der Waals surface area contributed by atoms with Crippen molar-refractivity contribution in [3.63, 3.8) is 0 Å². The molecule has 0 fully saturated rings. The second-order valence-corrected chi connectivity index (χ2v) is 3.94. The van der Waals surface area contributed by atoms with Crippen LogP contribution in [0.15, 0.2) is 18.2 Å². The van der Waals surface area contributed by atoms with Gasteiger partial charge in [0.2, 0.25) is 0 Å². The minimum Gasteiger partial charge on any atom is -0.496 e. The number of halogens is 1. The largest absolute Gasteiger partial charge is 0.496 e. The van der Waals surface area contributed by atoms with E-state index in [1.165, 1.54) is 0 Å². The molecule has 0 bridgehead atoms. The summed E-state index contributed by atoms with van der Waals surface area (Å²) in [6, 6.07) is 5.36. The lowest BCUT2D eigenvalue weighted by Gasteiger charge is -2.03. The maximum atomic E-state index is 12.9. The van der Waals surface area contributed by atoms with Crippen molar-refractivity contribution in [1.82, 2.24) is 0 Å². The van der Waals surface area contributed by atoms with Gasteiger partial charge >= 0.3 is 0 Å².